The monoisotopic (exact) mass is 326 g/mol. The molecule has 0 saturated heterocycles. The summed E-state index contributed by atoms with van der Waals surface area (Å²) in [4.78, 5) is 31.8. The highest BCUT2D eigenvalue weighted by atomic mass is 16.5. The fourth-order valence-electron chi connectivity index (χ4n) is 2.70. The Morgan fingerprint density at radius 3 is 3.04 bits per heavy atom. The molecule has 1 aromatic carbocycles. The van der Waals surface area contributed by atoms with Crippen LogP contribution in [-0.4, -0.2) is 41.3 Å². The van der Waals surface area contributed by atoms with Crippen LogP contribution in [0.2, 0.25) is 0 Å². The average molecular weight is 326 g/mol. The van der Waals surface area contributed by atoms with E-state index < -0.39 is 0 Å². The topological polar surface area (TPSA) is 85.6 Å². The Balaban J connectivity index is 1.69. The molecule has 0 fully saturated rings. The van der Waals surface area contributed by atoms with Gasteiger partial charge in [-0.2, -0.15) is 0 Å². The molecule has 0 bridgehead atoms. The van der Waals surface area contributed by atoms with Crippen LogP contribution < -0.4 is 5.32 Å². The van der Waals surface area contributed by atoms with Gasteiger partial charge in [0.15, 0.2) is 5.69 Å². The van der Waals surface area contributed by atoms with Gasteiger partial charge >= 0.3 is 5.97 Å². The lowest BCUT2D eigenvalue weighted by Gasteiger charge is -2.10. The summed E-state index contributed by atoms with van der Waals surface area (Å²) in [7, 11) is 1.38. The minimum absolute atomic E-state index is 0.0963. The number of ketones is 1. The van der Waals surface area contributed by atoms with Gasteiger partial charge in [-0.3, -0.25) is 9.79 Å². The zero-order valence-corrected chi connectivity index (χ0v) is 13.4. The third kappa shape index (κ3) is 3.19. The minimum atomic E-state index is -0.328. The number of carbonyl (C=O) groups excluding carboxylic acids is 2. The Bertz CT molecular complexity index is 795. The molecule has 0 aliphatic carbocycles. The lowest BCUT2D eigenvalue weighted by atomic mass is 10.0. The van der Waals surface area contributed by atoms with Crippen molar-refractivity contribution in [3.63, 3.8) is 0 Å². The number of nitrogens with zero attached hydrogens (tertiary/aromatic N) is 3. The van der Waals surface area contributed by atoms with Crippen molar-refractivity contribution in [1.29, 1.82) is 0 Å². The van der Waals surface area contributed by atoms with Crippen molar-refractivity contribution in [3.05, 3.63) is 47.4 Å². The molecule has 1 aromatic heterocycles. The molecule has 2 heterocycles. The smallest absolute Gasteiger partial charge is 0.338 e. The fraction of sp³-hybridized carbons (Fsp3) is 0.294. The fourth-order valence-corrected chi connectivity index (χ4v) is 2.70. The predicted octanol–water partition coefficient (Wildman–Crippen LogP) is 1.94. The van der Waals surface area contributed by atoms with Crippen molar-refractivity contribution in [2.24, 2.45) is 4.99 Å². The van der Waals surface area contributed by atoms with E-state index in [9.17, 15) is 9.59 Å². The first-order chi connectivity index (χ1) is 11.7. The second kappa shape index (κ2) is 7.08. The Kier molecular flexibility index (Phi) is 4.69. The lowest BCUT2D eigenvalue weighted by Crippen LogP contribution is -2.09. The number of rotatable bonds is 5. The zero-order valence-electron chi connectivity index (χ0n) is 13.4. The van der Waals surface area contributed by atoms with Crippen LogP contribution in [0.1, 0.15) is 32.8 Å². The quantitative estimate of drug-likeness (QED) is 0.849. The van der Waals surface area contributed by atoms with Crippen LogP contribution in [0.25, 0.3) is 0 Å². The van der Waals surface area contributed by atoms with E-state index in [-0.39, 0.29) is 18.3 Å². The Morgan fingerprint density at radius 2 is 2.21 bits per heavy atom. The number of carbonyl (C=O) groups is 2. The number of aliphatic imine (C=N–C) groups is 1. The Labute approximate surface area is 139 Å². The van der Waals surface area contributed by atoms with Gasteiger partial charge in [-0.1, -0.05) is 18.2 Å². The van der Waals surface area contributed by atoms with Crippen LogP contribution in [-0.2, 0) is 17.7 Å². The van der Waals surface area contributed by atoms with Crippen LogP contribution >= 0.6 is 0 Å². The van der Waals surface area contributed by atoms with Crippen LogP contribution in [0.4, 0.5) is 5.82 Å². The lowest BCUT2D eigenvalue weighted by molar-refractivity contribution is 0.0599. The second-order valence-electron chi connectivity index (χ2n) is 5.42. The predicted molar refractivity (Wildman–Crippen MR) is 89.6 cm³/mol. The molecular weight excluding hydrogens is 308 g/mol. The van der Waals surface area contributed by atoms with Crippen LogP contribution in [0.15, 0.2) is 35.6 Å². The van der Waals surface area contributed by atoms with Crippen molar-refractivity contribution < 1.29 is 14.3 Å². The van der Waals surface area contributed by atoms with Gasteiger partial charge in [0.05, 0.1) is 25.3 Å². The molecule has 3 rings (SSSR count). The molecule has 1 aliphatic rings. The number of hydrogen-bond donors (Lipinski definition) is 1. The SMILES string of the molecule is COC(=O)c1ccccc1CCCn1cnc2c1NC=NCC2=O. The summed E-state index contributed by atoms with van der Waals surface area (Å²) in [5.74, 6) is 0.245. The molecule has 0 atom stereocenters. The molecule has 0 saturated carbocycles. The number of methoxy groups -OCH3 is 1. The van der Waals surface area contributed by atoms with E-state index in [1.54, 1.807) is 12.4 Å². The van der Waals surface area contributed by atoms with E-state index in [1.165, 1.54) is 13.4 Å². The number of fused-ring (bicyclic) bond motifs is 1. The van der Waals surface area contributed by atoms with Gasteiger partial charge in [-0.25, -0.2) is 9.78 Å². The van der Waals surface area contributed by atoms with E-state index >= 15 is 0 Å². The molecule has 7 nitrogen and oxygen atoms in total. The minimum Gasteiger partial charge on any atom is -0.465 e. The number of benzene rings is 1. The van der Waals surface area contributed by atoms with Gasteiger partial charge in [0, 0.05) is 6.54 Å². The number of imidazole rings is 1. The summed E-state index contributed by atoms with van der Waals surface area (Å²) in [5, 5.41) is 3.01. The standard InChI is InChI=1S/C17H18N4O3/c1-24-17(23)13-7-3-2-5-12(13)6-4-8-21-11-20-15-14(22)9-18-10-19-16(15)21/h2-3,5,7,10-11H,4,6,8-9H2,1H3,(H,18,19). The summed E-state index contributed by atoms with van der Waals surface area (Å²) in [6.45, 7) is 0.787. The summed E-state index contributed by atoms with van der Waals surface area (Å²) < 4.78 is 6.71. The zero-order chi connectivity index (χ0) is 16.9. The van der Waals surface area contributed by atoms with Gasteiger partial charge in [0.25, 0.3) is 0 Å². The highest BCUT2D eigenvalue weighted by Gasteiger charge is 2.19. The molecular formula is C17H18N4O3. The maximum Gasteiger partial charge on any atom is 0.338 e. The van der Waals surface area contributed by atoms with Gasteiger partial charge in [0.2, 0.25) is 5.78 Å². The largest absolute Gasteiger partial charge is 0.465 e. The van der Waals surface area contributed by atoms with E-state index in [4.69, 9.17) is 4.74 Å². The first-order valence-corrected chi connectivity index (χ1v) is 7.70. The highest BCUT2D eigenvalue weighted by Crippen LogP contribution is 2.18. The number of aryl methyl sites for hydroxylation is 2. The molecule has 0 unspecified atom stereocenters. The maximum absolute atomic E-state index is 11.9. The molecule has 124 valence electrons. The molecule has 7 heteroatoms. The third-order valence-electron chi connectivity index (χ3n) is 3.90. The number of aromatic nitrogens is 2. The van der Waals surface area contributed by atoms with Gasteiger partial charge in [0.1, 0.15) is 12.4 Å². The molecule has 2 aromatic rings. The van der Waals surface area contributed by atoms with E-state index in [0.717, 1.165) is 18.4 Å². The van der Waals surface area contributed by atoms with Crippen molar-refractivity contribution >= 4 is 23.9 Å². The Hall–Kier alpha value is -2.96. The van der Waals surface area contributed by atoms with Crippen molar-refractivity contribution in [2.45, 2.75) is 19.4 Å². The number of esters is 1. The normalized spacial score (nSPS) is 13.1. The molecule has 0 amide bonds. The number of Topliss-reactive ketones (excluding diaryl/α,β-unsaturated/α-hetero) is 1. The Morgan fingerprint density at radius 1 is 1.38 bits per heavy atom. The van der Waals surface area contributed by atoms with Gasteiger partial charge < -0.3 is 14.6 Å². The maximum atomic E-state index is 11.9. The van der Waals surface area contributed by atoms with Gasteiger partial charge in [-0.15, -0.1) is 0 Å². The van der Waals surface area contributed by atoms with E-state index in [2.05, 4.69) is 15.3 Å². The van der Waals surface area contributed by atoms with Crippen molar-refractivity contribution in [1.82, 2.24) is 9.55 Å². The first-order valence-electron chi connectivity index (χ1n) is 7.70. The van der Waals surface area contributed by atoms with Crippen LogP contribution in [0.5, 0.6) is 0 Å². The number of nitrogens with one attached hydrogen (secondary N) is 1. The molecule has 0 radical (unpaired) electrons. The molecule has 0 spiro atoms. The molecule has 1 N–H and O–H groups in total. The second-order valence-corrected chi connectivity index (χ2v) is 5.42. The number of ether oxygens (including phenoxy) is 1. The molecule has 24 heavy (non-hydrogen) atoms. The summed E-state index contributed by atoms with van der Waals surface area (Å²) in [6, 6.07) is 7.41. The van der Waals surface area contributed by atoms with Crippen LogP contribution in [0.3, 0.4) is 0 Å². The summed E-state index contributed by atoms with van der Waals surface area (Å²) in [6.07, 6.45) is 4.69. The third-order valence-corrected chi connectivity index (χ3v) is 3.90. The molecule has 1 aliphatic heterocycles. The highest BCUT2D eigenvalue weighted by molar-refractivity contribution is 6.04. The van der Waals surface area contributed by atoms with Crippen molar-refractivity contribution in [3.8, 4) is 0 Å². The van der Waals surface area contributed by atoms with Gasteiger partial charge in [-0.05, 0) is 24.5 Å². The van der Waals surface area contributed by atoms with Crippen molar-refractivity contribution in [2.75, 3.05) is 19.0 Å². The first kappa shape index (κ1) is 15.9. The van der Waals surface area contributed by atoms with Crippen LogP contribution in [0, 0.1) is 0 Å². The summed E-state index contributed by atoms with van der Waals surface area (Å²) >= 11 is 0. The van der Waals surface area contributed by atoms with E-state index in [0.29, 0.717) is 23.6 Å². The average Bonchev–Trinajstić information content (AvgIpc) is 2.92. The summed E-state index contributed by atoms with van der Waals surface area (Å²) in [5.41, 5.74) is 1.95. The van der Waals surface area contributed by atoms with E-state index in [1.807, 2.05) is 22.8 Å². The number of anilines is 1. The number of hydrogen-bond acceptors (Lipinski definition) is 6.